The molecule has 2 aromatic carbocycles. The number of nitrogens with one attached hydrogen (secondary N) is 1. The van der Waals surface area contributed by atoms with Crippen molar-refractivity contribution < 1.29 is 18.6 Å². The van der Waals surface area contributed by atoms with Crippen LogP contribution in [0.2, 0.25) is 0 Å². The number of hydrogen-bond donors (Lipinski definition) is 1. The van der Waals surface area contributed by atoms with Crippen molar-refractivity contribution in [3.05, 3.63) is 48.3 Å². The fourth-order valence-electron chi connectivity index (χ4n) is 1.90. The van der Waals surface area contributed by atoms with Crippen molar-refractivity contribution in [1.29, 1.82) is 0 Å². The van der Waals surface area contributed by atoms with Gasteiger partial charge in [-0.3, -0.25) is 0 Å². The zero-order valence-electron chi connectivity index (χ0n) is 12.1. The molecule has 21 heavy (non-hydrogen) atoms. The van der Waals surface area contributed by atoms with E-state index < -0.39 is 0 Å². The highest BCUT2D eigenvalue weighted by Gasteiger charge is 2.10. The highest BCUT2D eigenvalue weighted by Crippen LogP contribution is 2.36. The highest BCUT2D eigenvalue weighted by atomic mass is 19.1. The monoisotopic (exact) mass is 291 g/mol. The van der Waals surface area contributed by atoms with Crippen LogP contribution in [0, 0.1) is 5.82 Å². The molecule has 2 aromatic rings. The Morgan fingerprint density at radius 3 is 2.24 bits per heavy atom. The predicted octanol–water partition coefficient (Wildman–Crippen LogP) is 3.33. The minimum Gasteiger partial charge on any atom is -0.493 e. The maximum absolute atomic E-state index is 13.4. The number of para-hydroxylation sites is 2. The number of methoxy groups -OCH3 is 2. The van der Waals surface area contributed by atoms with Gasteiger partial charge in [0.1, 0.15) is 12.4 Å². The summed E-state index contributed by atoms with van der Waals surface area (Å²) >= 11 is 0. The Hall–Kier alpha value is -2.43. The van der Waals surface area contributed by atoms with Crippen LogP contribution in [0.25, 0.3) is 0 Å². The third-order valence-electron chi connectivity index (χ3n) is 2.92. The van der Waals surface area contributed by atoms with Crippen molar-refractivity contribution in [2.24, 2.45) is 0 Å². The number of ether oxygens (including phenoxy) is 3. The van der Waals surface area contributed by atoms with E-state index in [0.717, 1.165) is 0 Å². The topological polar surface area (TPSA) is 39.7 Å². The molecule has 5 heteroatoms. The van der Waals surface area contributed by atoms with Gasteiger partial charge in [-0.05, 0) is 24.3 Å². The van der Waals surface area contributed by atoms with E-state index in [4.69, 9.17) is 14.2 Å². The number of hydrogen-bond acceptors (Lipinski definition) is 4. The van der Waals surface area contributed by atoms with E-state index in [1.54, 1.807) is 44.6 Å². The van der Waals surface area contributed by atoms with E-state index in [9.17, 15) is 4.39 Å². The van der Waals surface area contributed by atoms with Crippen molar-refractivity contribution in [3.8, 4) is 17.2 Å². The van der Waals surface area contributed by atoms with E-state index in [0.29, 0.717) is 36.1 Å². The van der Waals surface area contributed by atoms with Gasteiger partial charge < -0.3 is 19.5 Å². The van der Waals surface area contributed by atoms with Gasteiger partial charge in [-0.25, -0.2) is 4.39 Å². The van der Waals surface area contributed by atoms with Crippen LogP contribution in [-0.4, -0.2) is 27.4 Å². The molecule has 1 N–H and O–H groups in total. The normalized spacial score (nSPS) is 10.0. The largest absolute Gasteiger partial charge is 0.493 e. The molecule has 0 radical (unpaired) electrons. The average Bonchev–Trinajstić information content (AvgIpc) is 2.52. The predicted molar refractivity (Wildman–Crippen MR) is 79.9 cm³/mol. The molecule has 0 saturated heterocycles. The van der Waals surface area contributed by atoms with Gasteiger partial charge >= 0.3 is 0 Å². The van der Waals surface area contributed by atoms with Crippen molar-refractivity contribution in [1.82, 2.24) is 0 Å². The first-order chi connectivity index (χ1) is 10.3. The SMILES string of the molecule is COc1cccc(OC)c1OCCNc1ccccc1F. The lowest BCUT2D eigenvalue weighted by atomic mass is 10.3. The Balaban J connectivity index is 1.93. The summed E-state index contributed by atoms with van der Waals surface area (Å²) in [6.45, 7) is 0.813. The summed E-state index contributed by atoms with van der Waals surface area (Å²) in [4.78, 5) is 0. The summed E-state index contributed by atoms with van der Waals surface area (Å²) in [5.41, 5.74) is 0.452. The molecule has 0 aliphatic carbocycles. The molecule has 0 heterocycles. The Morgan fingerprint density at radius 1 is 0.952 bits per heavy atom. The zero-order chi connectivity index (χ0) is 15.1. The number of benzene rings is 2. The van der Waals surface area contributed by atoms with E-state index in [1.807, 2.05) is 6.07 Å². The van der Waals surface area contributed by atoms with Crippen LogP contribution >= 0.6 is 0 Å². The van der Waals surface area contributed by atoms with Gasteiger partial charge in [-0.2, -0.15) is 0 Å². The van der Waals surface area contributed by atoms with Crippen LogP contribution in [0.15, 0.2) is 42.5 Å². The molecule has 0 spiro atoms. The van der Waals surface area contributed by atoms with E-state index in [-0.39, 0.29) is 5.82 Å². The Kier molecular flexibility index (Phi) is 5.26. The molecule has 4 nitrogen and oxygen atoms in total. The van der Waals surface area contributed by atoms with Gasteiger partial charge in [-0.15, -0.1) is 0 Å². The fraction of sp³-hybridized carbons (Fsp3) is 0.250. The summed E-state index contributed by atoms with van der Waals surface area (Å²) in [6.07, 6.45) is 0. The molecule has 0 aromatic heterocycles. The Labute approximate surface area is 123 Å². The molecular weight excluding hydrogens is 273 g/mol. The molecule has 0 aliphatic rings. The van der Waals surface area contributed by atoms with Gasteiger partial charge in [0.2, 0.25) is 5.75 Å². The molecule has 0 saturated carbocycles. The lowest BCUT2D eigenvalue weighted by Gasteiger charge is -2.14. The highest BCUT2D eigenvalue weighted by molar-refractivity contribution is 5.51. The number of halogens is 1. The van der Waals surface area contributed by atoms with Gasteiger partial charge in [0.05, 0.1) is 19.9 Å². The van der Waals surface area contributed by atoms with Gasteiger partial charge in [0, 0.05) is 6.54 Å². The molecule has 0 bridgehead atoms. The summed E-state index contributed by atoms with van der Waals surface area (Å²) in [6, 6.07) is 11.9. The first-order valence-electron chi connectivity index (χ1n) is 6.58. The summed E-state index contributed by atoms with van der Waals surface area (Å²) in [5, 5.41) is 2.98. The second-order valence-electron chi connectivity index (χ2n) is 4.25. The second-order valence-corrected chi connectivity index (χ2v) is 4.25. The quantitative estimate of drug-likeness (QED) is 0.794. The first kappa shape index (κ1) is 15.0. The maximum Gasteiger partial charge on any atom is 0.203 e. The molecular formula is C16H18FNO3. The molecule has 112 valence electrons. The van der Waals surface area contributed by atoms with Gasteiger partial charge in [0.15, 0.2) is 11.5 Å². The third-order valence-corrected chi connectivity index (χ3v) is 2.92. The second kappa shape index (κ2) is 7.38. The molecule has 0 atom stereocenters. The minimum absolute atomic E-state index is 0.285. The van der Waals surface area contributed by atoms with Crippen molar-refractivity contribution in [3.63, 3.8) is 0 Å². The van der Waals surface area contributed by atoms with Crippen molar-refractivity contribution in [2.75, 3.05) is 32.7 Å². The number of anilines is 1. The van der Waals surface area contributed by atoms with Gasteiger partial charge in [0.25, 0.3) is 0 Å². The molecule has 0 fully saturated rings. The third kappa shape index (κ3) is 3.78. The van der Waals surface area contributed by atoms with Crippen LogP contribution in [0.3, 0.4) is 0 Å². The van der Waals surface area contributed by atoms with E-state index >= 15 is 0 Å². The summed E-state index contributed by atoms with van der Waals surface area (Å²) in [5.74, 6) is 1.45. The average molecular weight is 291 g/mol. The van der Waals surface area contributed by atoms with Crippen LogP contribution in [0.5, 0.6) is 17.2 Å². The van der Waals surface area contributed by atoms with Crippen LogP contribution < -0.4 is 19.5 Å². The van der Waals surface area contributed by atoms with Crippen LogP contribution in [0.4, 0.5) is 10.1 Å². The lowest BCUT2D eigenvalue weighted by Crippen LogP contribution is -2.13. The van der Waals surface area contributed by atoms with E-state index in [2.05, 4.69) is 5.32 Å². The summed E-state index contributed by atoms with van der Waals surface area (Å²) < 4.78 is 29.6. The van der Waals surface area contributed by atoms with E-state index in [1.165, 1.54) is 6.07 Å². The molecule has 0 amide bonds. The fourth-order valence-corrected chi connectivity index (χ4v) is 1.90. The molecule has 0 unspecified atom stereocenters. The van der Waals surface area contributed by atoms with Crippen LogP contribution in [-0.2, 0) is 0 Å². The Morgan fingerprint density at radius 2 is 1.62 bits per heavy atom. The first-order valence-corrected chi connectivity index (χ1v) is 6.58. The summed E-state index contributed by atoms with van der Waals surface area (Å²) in [7, 11) is 3.14. The maximum atomic E-state index is 13.4. The zero-order valence-corrected chi connectivity index (χ0v) is 12.1. The smallest absolute Gasteiger partial charge is 0.203 e. The van der Waals surface area contributed by atoms with Gasteiger partial charge in [-0.1, -0.05) is 18.2 Å². The molecule has 2 rings (SSSR count). The van der Waals surface area contributed by atoms with Crippen LogP contribution in [0.1, 0.15) is 0 Å². The Bertz CT molecular complexity index is 567. The van der Waals surface area contributed by atoms with Crippen molar-refractivity contribution in [2.45, 2.75) is 0 Å². The molecule has 0 aliphatic heterocycles. The lowest BCUT2D eigenvalue weighted by molar-refractivity contribution is 0.284. The minimum atomic E-state index is -0.285. The standard InChI is InChI=1S/C16H18FNO3/c1-19-14-8-5-9-15(20-2)16(14)21-11-10-18-13-7-4-3-6-12(13)17/h3-9,18H,10-11H2,1-2H3. The number of rotatable bonds is 7. The van der Waals surface area contributed by atoms with Crippen molar-refractivity contribution >= 4 is 5.69 Å².